The number of carbonyl (C=O) groups is 2. The first-order chi connectivity index (χ1) is 7.17. The van der Waals surface area contributed by atoms with Gasteiger partial charge >= 0.3 is 6.09 Å². The molecule has 1 fully saturated rings. The minimum absolute atomic E-state index is 0.000764. The average molecular weight is 215 g/mol. The summed E-state index contributed by atoms with van der Waals surface area (Å²) in [4.78, 5) is 24.1. The van der Waals surface area contributed by atoms with E-state index in [1.54, 1.807) is 4.90 Å². The Bertz CT molecular complexity index is 245. The molecule has 0 spiro atoms. The SMILES string of the molecule is COC(=O)NC1CCN(C(=O)CCN)C1. The van der Waals surface area contributed by atoms with Gasteiger partial charge in [0, 0.05) is 26.1 Å². The number of nitrogens with two attached hydrogens (primary N) is 1. The third kappa shape index (κ3) is 3.39. The van der Waals surface area contributed by atoms with Crippen molar-refractivity contribution in [1.29, 1.82) is 0 Å². The van der Waals surface area contributed by atoms with Gasteiger partial charge in [-0.1, -0.05) is 0 Å². The van der Waals surface area contributed by atoms with Crippen LogP contribution in [0.5, 0.6) is 0 Å². The standard InChI is InChI=1S/C9H17N3O3/c1-15-9(14)11-7-3-5-12(6-7)8(13)2-4-10/h7H,2-6,10H2,1H3,(H,11,14). The Kier molecular flexibility index (Phi) is 4.36. The molecule has 1 unspecified atom stereocenters. The molecule has 15 heavy (non-hydrogen) atoms. The number of nitrogens with zero attached hydrogens (tertiary/aromatic N) is 1. The highest BCUT2D eigenvalue weighted by Gasteiger charge is 2.26. The summed E-state index contributed by atoms with van der Waals surface area (Å²) < 4.78 is 4.48. The number of rotatable bonds is 3. The van der Waals surface area contributed by atoms with Gasteiger partial charge in [0.1, 0.15) is 0 Å². The Morgan fingerprint density at radius 2 is 2.33 bits per heavy atom. The highest BCUT2D eigenvalue weighted by atomic mass is 16.5. The summed E-state index contributed by atoms with van der Waals surface area (Å²) in [6.07, 6.45) is 0.684. The molecule has 0 radical (unpaired) electrons. The molecule has 1 rings (SSSR count). The minimum atomic E-state index is -0.451. The largest absolute Gasteiger partial charge is 0.453 e. The van der Waals surface area contributed by atoms with Crippen molar-refractivity contribution in [3.63, 3.8) is 0 Å². The van der Waals surface area contributed by atoms with Crippen molar-refractivity contribution < 1.29 is 14.3 Å². The van der Waals surface area contributed by atoms with Crippen LogP contribution < -0.4 is 11.1 Å². The van der Waals surface area contributed by atoms with Crippen LogP contribution in [-0.2, 0) is 9.53 Å². The van der Waals surface area contributed by atoms with Gasteiger partial charge in [0.2, 0.25) is 5.91 Å². The highest BCUT2D eigenvalue weighted by molar-refractivity contribution is 5.77. The number of alkyl carbamates (subject to hydrolysis) is 1. The number of nitrogens with one attached hydrogen (secondary N) is 1. The van der Waals surface area contributed by atoms with Crippen LogP contribution in [0.2, 0.25) is 0 Å². The van der Waals surface area contributed by atoms with E-state index in [-0.39, 0.29) is 11.9 Å². The van der Waals surface area contributed by atoms with Crippen LogP contribution in [0.3, 0.4) is 0 Å². The molecule has 0 saturated carbocycles. The van der Waals surface area contributed by atoms with Crippen LogP contribution in [0.4, 0.5) is 4.79 Å². The lowest BCUT2D eigenvalue weighted by atomic mass is 10.3. The van der Waals surface area contributed by atoms with Crippen molar-refractivity contribution in [2.24, 2.45) is 5.73 Å². The molecule has 0 aromatic carbocycles. The van der Waals surface area contributed by atoms with E-state index in [1.165, 1.54) is 7.11 Å². The fraction of sp³-hybridized carbons (Fsp3) is 0.778. The van der Waals surface area contributed by atoms with E-state index in [9.17, 15) is 9.59 Å². The fourth-order valence-electron chi connectivity index (χ4n) is 1.61. The number of hydrogen-bond acceptors (Lipinski definition) is 4. The van der Waals surface area contributed by atoms with E-state index in [0.717, 1.165) is 6.42 Å². The topological polar surface area (TPSA) is 84.7 Å². The number of ether oxygens (including phenoxy) is 1. The molecule has 6 nitrogen and oxygen atoms in total. The lowest BCUT2D eigenvalue weighted by Crippen LogP contribution is -2.38. The number of methoxy groups -OCH3 is 1. The zero-order chi connectivity index (χ0) is 11.3. The Morgan fingerprint density at radius 3 is 2.93 bits per heavy atom. The van der Waals surface area contributed by atoms with Gasteiger partial charge in [-0.2, -0.15) is 0 Å². The van der Waals surface area contributed by atoms with Crippen molar-refractivity contribution in [3.8, 4) is 0 Å². The number of hydrogen-bond donors (Lipinski definition) is 2. The molecule has 1 aliphatic rings. The van der Waals surface area contributed by atoms with Crippen molar-refractivity contribution in [2.75, 3.05) is 26.7 Å². The van der Waals surface area contributed by atoms with Crippen molar-refractivity contribution in [1.82, 2.24) is 10.2 Å². The molecule has 0 aliphatic carbocycles. The summed E-state index contributed by atoms with van der Waals surface area (Å²) in [5.74, 6) is 0.0478. The monoisotopic (exact) mass is 215 g/mol. The van der Waals surface area contributed by atoms with Crippen LogP contribution in [-0.4, -0.2) is 49.7 Å². The maximum Gasteiger partial charge on any atom is 0.407 e. The molecule has 0 aromatic rings. The first-order valence-corrected chi connectivity index (χ1v) is 4.99. The van der Waals surface area contributed by atoms with Crippen LogP contribution in [0.25, 0.3) is 0 Å². The van der Waals surface area contributed by atoms with Crippen molar-refractivity contribution in [2.45, 2.75) is 18.9 Å². The summed E-state index contributed by atoms with van der Waals surface area (Å²) in [5.41, 5.74) is 5.30. The van der Waals surface area contributed by atoms with Crippen LogP contribution in [0.15, 0.2) is 0 Å². The molecular weight excluding hydrogens is 198 g/mol. The quantitative estimate of drug-likeness (QED) is 0.651. The summed E-state index contributed by atoms with van der Waals surface area (Å²) in [5, 5.41) is 2.67. The Labute approximate surface area is 88.7 Å². The first kappa shape index (κ1) is 11.8. The van der Waals surface area contributed by atoms with Gasteiger partial charge in [0.25, 0.3) is 0 Å². The van der Waals surface area contributed by atoms with Gasteiger partial charge in [-0.15, -0.1) is 0 Å². The molecule has 0 aromatic heterocycles. The van der Waals surface area contributed by atoms with E-state index < -0.39 is 6.09 Å². The van der Waals surface area contributed by atoms with E-state index in [1.807, 2.05) is 0 Å². The number of amides is 2. The molecule has 1 saturated heterocycles. The molecule has 6 heteroatoms. The molecule has 86 valence electrons. The molecule has 3 N–H and O–H groups in total. The molecular formula is C9H17N3O3. The molecule has 0 bridgehead atoms. The maximum atomic E-state index is 11.4. The van der Waals surface area contributed by atoms with Crippen LogP contribution in [0, 0.1) is 0 Å². The van der Waals surface area contributed by atoms with Gasteiger partial charge in [-0.05, 0) is 6.42 Å². The van der Waals surface area contributed by atoms with E-state index in [2.05, 4.69) is 10.1 Å². The van der Waals surface area contributed by atoms with Gasteiger partial charge in [-0.3, -0.25) is 4.79 Å². The smallest absolute Gasteiger partial charge is 0.407 e. The average Bonchev–Trinajstić information content (AvgIpc) is 2.66. The second-order valence-corrected chi connectivity index (χ2v) is 3.50. The van der Waals surface area contributed by atoms with Crippen molar-refractivity contribution >= 4 is 12.0 Å². The first-order valence-electron chi connectivity index (χ1n) is 4.99. The van der Waals surface area contributed by atoms with Gasteiger partial charge in [0.15, 0.2) is 0 Å². The Hall–Kier alpha value is -1.30. The van der Waals surface area contributed by atoms with E-state index in [0.29, 0.717) is 26.1 Å². The third-order valence-corrected chi connectivity index (χ3v) is 2.41. The van der Waals surface area contributed by atoms with Crippen LogP contribution in [0.1, 0.15) is 12.8 Å². The normalized spacial score (nSPS) is 20.1. The minimum Gasteiger partial charge on any atom is -0.453 e. The summed E-state index contributed by atoms with van der Waals surface area (Å²) >= 11 is 0. The second-order valence-electron chi connectivity index (χ2n) is 3.50. The van der Waals surface area contributed by atoms with Gasteiger partial charge in [0.05, 0.1) is 13.2 Å². The predicted molar refractivity (Wildman–Crippen MR) is 54.2 cm³/mol. The maximum absolute atomic E-state index is 11.4. The van der Waals surface area contributed by atoms with Gasteiger partial charge in [-0.25, -0.2) is 4.79 Å². The molecule has 1 heterocycles. The molecule has 2 amide bonds. The zero-order valence-corrected chi connectivity index (χ0v) is 8.86. The Balaban J connectivity index is 2.32. The fourth-order valence-corrected chi connectivity index (χ4v) is 1.61. The third-order valence-electron chi connectivity index (χ3n) is 2.41. The summed E-state index contributed by atoms with van der Waals surface area (Å²) in [6, 6.07) is -0.000764. The lowest BCUT2D eigenvalue weighted by molar-refractivity contribution is -0.129. The lowest BCUT2D eigenvalue weighted by Gasteiger charge is -2.16. The number of carbonyl (C=O) groups excluding carboxylic acids is 2. The highest BCUT2D eigenvalue weighted by Crippen LogP contribution is 2.10. The van der Waals surface area contributed by atoms with E-state index >= 15 is 0 Å². The van der Waals surface area contributed by atoms with Crippen molar-refractivity contribution in [3.05, 3.63) is 0 Å². The molecule has 1 aliphatic heterocycles. The summed E-state index contributed by atoms with van der Waals surface area (Å²) in [6.45, 7) is 1.59. The summed E-state index contributed by atoms with van der Waals surface area (Å²) in [7, 11) is 1.32. The van der Waals surface area contributed by atoms with Gasteiger partial charge < -0.3 is 20.7 Å². The predicted octanol–water partition coefficient (Wildman–Crippen LogP) is -0.708. The second kappa shape index (κ2) is 5.55. The van der Waals surface area contributed by atoms with Crippen LogP contribution >= 0.6 is 0 Å². The molecule has 1 atom stereocenters. The Morgan fingerprint density at radius 1 is 1.60 bits per heavy atom. The van der Waals surface area contributed by atoms with E-state index in [4.69, 9.17) is 5.73 Å². The zero-order valence-electron chi connectivity index (χ0n) is 8.86. The number of likely N-dealkylation sites (tertiary alicyclic amines) is 1.